The first kappa shape index (κ1) is 13.9. The van der Waals surface area contributed by atoms with E-state index in [2.05, 4.69) is 16.7 Å². The second-order valence-corrected chi connectivity index (χ2v) is 4.55. The van der Waals surface area contributed by atoms with Gasteiger partial charge in [-0.1, -0.05) is 35.9 Å². The molecular weight excluding hydrogens is 254 g/mol. The van der Waals surface area contributed by atoms with Crippen molar-refractivity contribution >= 4 is 17.1 Å². The first-order chi connectivity index (χ1) is 9.61. The molecule has 0 spiro atoms. The smallest absolute Gasteiger partial charge is 0.315 e. The van der Waals surface area contributed by atoms with Gasteiger partial charge in [0.25, 0.3) is 0 Å². The molecule has 0 heterocycles. The van der Waals surface area contributed by atoms with Gasteiger partial charge in [0.15, 0.2) is 0 Å². The molecule has 0 amide bonds. The van der Waals surface area contributed by atoms with Crippen LogP contribution in [0.5, 0.6) is 0 Å². The number of rotatable bonds is 5. The third-order valence-corrected chi connectivity index (χ3v) is 3.05. The van der Waals surface area contributed by atoms with E-state index in [4.69, 9.17) is 0 Å². The van der Waals surface area contributed by atoms with Crippen molar-refractivity contribution in [2.75, 3.05) is 17.7 Å². The first-order valence-electron chi connectivity index (χ1n) is 6.36. The van der Waals surface area contributed by atoms with Crippen molar-refractivity contribution in [1.29, 1.82) is 0 Å². The highest BCUT2D eigenvalue weighted by Crippen LogP contribution is 2.32. The molecule has 0 aliphatic carbocycles. The molecule has 5 heteroatoms. The lowest BCUT2D eigenvalue weighted by molar-refractivity contribution is -0.383. The quantitative estimate of drug-likeness (QED) is 0.644. The molecule has 0 radical (unpaired) electrons. The Balaban J connectivity index is 2.23. The molecule has 2 N–H and O–H groups in total. The lowest BCUT2D eigenvalue weighted by atomic mass is 10.1. The number of nitro benzene ring substituents is 1. The molecule has 104 valence electrons. The summed E-state index contributed by atoms with van der Waals surface area (Å²) >= 11 is 0. The molecule has 2 aromatic rings. The number of para-hydroxylation sites is 1. The molecule has 0 saturated carbocycles. The van der Waals surface area contributed by atoms with Gasteiger partial charge >= 0.3 is 5.69 Å². The molecule has 0 atom stereocenters. The Bertz CT molecular complexity index is 626. The summed E-state index contributed by atoms with van der Waals surface area (Å²) in [4.78, 5) is 10.8. The fourth-order valence-corrected chi connectivity index (χ4v) is 2.10. The Morgan fingerprint density at radius 2 is 1.85 bits per heavy atom. The van der Waals surface area contributed by atoms with E-state index < -0.39 is 0 Å². The van der Waals surface area contributed by atoms with Crippen LogP contribution >= 0.6 is 0 Å². The minimum atomic E-state index is -0.371. The van der Waals surface area contributed by atoms with Crippen LogP contribution in [0.1, 0.15) is 11.1 Å². The maximum absolute atomic E-state index is 11.2. The lowest BCUT2D eigenvalue weighted by Gasteiger charge is -2.10. The third-order valence-electron chi connectivity index (χ3n) is 3.05. The van der Waals surface area contributed by atoms with Crippen LogP contribution in [0.3, 0.4) is 0 Å². The summed E-state index contributed by atoms with van der Waals surface area (Å²) in [7, 11) is 1.67. The normalized spacial score (nSPS) is 10.1. The summed E-state index contributed by atoms with van der Waals surface area (Å²) in [5, 5.41) is 17.2. The molecule has 0 aromatic heterocycles. The summed E-state index contributed by atoms with van der Waals surface area (Å²) in [6, 6.07) is 13.2. The van der Waals surface area contributed by atoms with E-state index in [9.17, 15) is 10.1 Å². The van der Waals surface area contributed by atoms with Crippen molar-refractivity contribution in [3.05, 3.63) is 63.7 Å². The van der Waals surface area contributed by atoms with Crippen molar-refractivity contribution in [2.45, 2.75) is 13.5 Å². The van der Waals surface area contributed by atoms with Gasteiger partial charge in [-0.2, -0.15) is 0 Å². The number of hydrogen-bond acceptors (Lipinski definition) is 4. The summed E-state index contributed by atoms with van der Waals surface area (Å²) < 4.78 is 0. The zero-order valence-electron chi connectivity index (χ0n) is 11.5. The Labute approximate surface area is 117 Å². The monoisotopic (exact) mass is 271 g/mol. The summed E-state index contributed by atoms with van der Waals surface area (Å²) in [6.07, 6.45) is 0. The molecule has 5 nitrogen and oxygen atoms in total. The Morgan fingerprint density at radius 3 is 2.50 bits per heavy atom. The number of anilines is 2. The van der Waals surface area contributed by atoms with Gasteiger partial charge in [0.1, 0.15) is 11.4 Å². The first-order valence-corrected chi connectivity index (χ1v) is 6.36. The molecular formula is C15H17N3O2. The maximum Gasteiger partial charge on any atom is 0.315 e. The van der Waals surface area contributed by atoms with Crippen LogP contribution in [0.4, 0.5) is 17.1 Å². The number of benzene rings is 2. The van der Waals surface area contributed by atoms with Gasteiger partial charge in [-0.3, -0.25) is 10.1 Å². The fraction of sp³-hybridized carbons (Fsp3) is 0.200. The number of hydrogen-bond donors (Lipinski definition) is 2. The topological polar surface area (TPSA) is 67.2 Å². The predicted molar refractivity (Wildman–Crippen MR) is 81.1 cm³/mol. The van der Waals surface area contributed by atoms with Crippen LogP contribution in [0, 0.1) is 17.0 Å². The largest absolute Gasteiger partial charge is 0.382 e. The number of nitro groups is 1. The van der Waals surface area contributed by atoms with Crippen LogP contribution in [0.25, 0.3) is 0 Å². The Kier molecular flexibility index (Phi) is 4.20. The highest BCUT2D eigenvalue weighted by molar-refractivity contribution is 5.76. The van der Waals surface area contributed by atoms with Crippen LogP contribution in [0.15, 0.2) is 42.5 Å². The molecule has 0 bridgehead atoms. The summed E-state index contributed by atoms with van der Waals surface area (Å²) in [5.74, 6) is 0. The molecule has 2 rings (SSSR count). The highest BCUT2D eigenvalue weighted by atomic mass is 16.6. The van der Waals surface area contributed by atoms with Crippen molar-refractivity contribution in [3.8, 4) is 0 Å². The predicted octanol–water partition coefficient (Wildman–Crippen LogP) is 3.56. The molecule has 0 fully saturated rings. The minimum absolute atomic E-state index is 0.0719. The molecule has 0 saturated heterocycles. The van der Waals surface area contributed by atoms with Gasteiger partial charge in [0.05, 0.1) is 4.92 Å². The number of nitrogens with zero attached hydrogens (tertiary/aromatic N) is 1. The van der Waals surface area contributed by atoms with Crippen molar-refractivity contribution in [2.24, 2.45) is 0 Å². The van der Waals surface area contributed by atoms with Gasteiger partial charge in [0, 0.05) is 13.6 Å². The Hall–Kier alpha value is -2.56. The van der Waals surface area contributed by atoms with Crippen LogP contribution < -0.4 is 10.6 Å². The fourth-order valence-electron chi connectivity index (χ4n) is 2.10. The van der Waals surface area contributed by atoms with Crippen molar-refractivity contribution in [3.63, 3.8) is 0 Å². The van der Waals surface area contributed by atoms with E-state index in [1.807, 2.05) is 25.1 Å². The SMILES string of the molecule is CNc1cccc(NCc2cccc(C)c2)c1[N+](=O)[O-]. The highest BCUT2D eigenvalue weighted by Gasteiger charge is 2.18. The average molecular weight is 271 g/mol. The van der Waals surface area contributed by atoms with E-state index in [1.165, 1.54) is 5.56 Å². The third kappa shape index (κ3) is 3.06. The minimum Gasteiger partial charge on any atom is -0.382 e. The zero-order chi connectivity index (χ0) is 14.5. The van der Waals surface area contributed by atoms with Gasteiger partial charge in [-0.05, 0) is 24.6 Å². The van der Waals surface area contributed by atoms with Gasteiger partial charge in [0.2, 0.25) is 0 Å². The van der Waals surface area contributed by atoms with E-state index in [1.54, 1.807) is 25.2 Å². The lowest BCUT2D eigenvalue weighted by Crippen LogP contribution is -2.05. The Morgan fingerprint density at radius 1 is 1.15 bits per heavy atom. The zero-order valence-corrected chi connectivity index (χ0v) is 11.5. The van der Waals surface area contributed by atoms with E-state index in [0.717, 1.165) is 5.56 Å². The molecule has 0 aliphatic heterocycles. The second kappa shape index (κ2) is 6.06. The van der Waals surface area contributed by atoms with Gasteiger partial charge in [-0.15, -0.1) is 0 Å². The second-order valence-electron chi connectivity index (χ2n) is 4.55. The number of nitrogens with one attached hydrogen (secondary N) is 2. The molecule has 20 heavy (non-hydrogen) atoms. The molecule has 2 aromatic carbocycles. The summed E-state index contributed by atoms with van der Waals surface area (Å²) in [5.41, 5.74) is 3.35. The van der Waals surface area contributed by atoms with Crippen molar-refractivity contribution in [1.82, 2.24) is 0 Å². The number of aryl methyl sites for hydroxylation is 1. The molecule has 0 unspecified atom stereocenters. The van der Waals surface area contributed by atoms with Crippen LogP contribution in [0.2, 0.25) is 0 Å². The van der Waals surface area contributed by atoms with Gasteiger partial charge < -0.3 is 10.6 Å². The maximum atomic E-state index is 11.2. The van der Waals surface area contributed by atoms with E-state index >= 15 is 0 Å². The standard InChI is InChI=1S/C15H17N3O2/c1-11-5-3-6-12(9-11)10-17-14-8-4-7-13(16-2)15(14)18(19)20/h3-9,16-17H,10H2,1-2H3. The van der Waals surface area contributed by atoms with Crippen LogP contribution in [-0.2, 0) is 6.54 Å². The average Bonchev–Trinajstić information content (AvgIpc) is 2.44. The molecule has 0 aliphatic rings. The summed E-state index contributed by atoms with van der Waals surface area (Å²) in [6.45, 7) is 2.57. The van der Waals surface area contributed by atoms with Gasteiger partial charge in [-0.25, -0.2) is 0 Å². The van der Waals surface area contributed by atoms with E-state index in [0.29, 0.717) is 17.9 Å². The van der Waals surface area contributed by atoms with Crippen LogP contribution in [-0.4, -0.2) is 12.0 Å². The van der Waals surface area contributed by atoms with Crippen molar-refractivity contribution < 1.29 is 4.92 Å². The van der Waals surface area contributed by atoms with E-state index in [-0.39, 0.29) is 10.6 Å².